The molecule has 9 aromatic heterocycles. The van der Waals surface area contributed by atoms with Crippen molar-refractivity contribution >= 4 is 167 Å². The summed E-state index contributed by atoms with van der Waals surface area (Å²) in [6.07, 6.45) is 33.6. The topological polar surface area (TPSA) is 327 Å². The van der Waals surface area contributed by atoms with Crippen LogP contribution in [0.4, 0.5) is 32.6 Å². The number of rotatable bonds is 24. The molecule has 0 atom stereocenters. The number of hydrogen-bond donors (Lipinski definition) is 3. The van der Waals surface area contributed by atoms with Crippen LogP contribution in [-0.4, -0.2) is 163 Å². The molecule has 0 aliphatic carbocycles. The molecule has 2 aromatic carbocycles. The second kappa shape index (κ2) is 44.4. The van der Waals surface area contributed by atoms with Crippen molar-refractivity contribution in [2.45, 2.75) is 122 Å². The molecule has 18 rings (SSSR count). The summed E-state index contributed by atoms with van der Waals surface area (Å²) in [5, 5.41) is 9.39. The van der Waals surface area contributed by atoms with E-state index in [1.165, 1.54) is 58.7 Å². The molecular formula is C94H96ClF2N19O7S4. The molecule has 26 nitrogen and oxygen atoms in total. The number of halogens is 3. The van der Waals surface area contributed by atoms with Crippen LogP contribution in [-0.2, 0) is 54.7 Å². The van der Waals surface area contributed by atoms with Crippen LogP contribution in [0.15, 0.2) is 172 Å². The molecule has 0 amide bonds. The number of H-pyrrole nitrogens is 1. The van der Waals surface area contributed by atoms with Crippen LogP contribution >= 0.6 is 58.2 Å². The first-order chi connectivity index (χ1) is 61.8. The fourth-order valence-corrected chi connectivity index (χ4v) is 19.6. The Morgan fingerprint density at radius 3 is 1.38 bits per heavy atom. The first-order valence-electron chi connectivity index (χ1n) is 42.9. The lowest BCUT2D eigenvalue weighted by atomic mass is 9.91. The second-order valence-electron chi connectivity index (χ2n) is 32.2. The summed E-state index contributed by atoms with van der Waals surface area (Å²) in [5.41, 5.74) is 8.83. The van der Waals surface area contributed by atoms with Crippen LogP contribution in [0, 0.1) is 35.3 Å². The molecule has 3 N–H and O–H groups in total. The number of para-hydroxylation sites is 1. The predicted octanol–water partition coefficient (Wildman–Crippen LogP) is 13.9. The maximum absolute atomic E-state index is 13.3. The SMILES string of the molecule is C=c1[nH]c(=O)/c(=C/c2ccnc(N3CCC(CNCc4ccnc5ccccc45)CC3)n2)s1.O=C1CC(=O)/C(=C/c2ccnc(N3CCC(CCCc4ccc(F)cn4)CC3)n2)S1.O=C1CC(=O)/C(=C/c2ccnc(N3CCC(CCCc4ccnc(Cl)c4)CC3)n2)S1.O=C1CC(=O)/C(=C/c2ccnc(N3CCC(CNCc4ccc5cc(F)ccc5n4)CC3)n2)S1. The lowest BCUT2D eigenvalue weighted by molar-refractivity contribution is -0.120. The highest BCUT2D eigenvalue weighted by molar-refractivity contribution is 8.19. The zero-order chi connectivity index (χ0) is 88.0. The van der Waals surface area contributed by atoms with Gasteiger partial charge >= 0.3 is 0 Å². The minimum Gasteiger partial charge on any atom is -0.341 e. The number of fused-ring (bicyclic) bond motifs is 2. The number of aryl methyl sites for hydroxylation is 2. The number of aromatic nitrogens is 13. The Labute approximate surface area is 755 Å². The molecule has 16 heterocycles. The van der Waals surface area contributed by atoms with E-state index in [1.807, 2.05) is 42.6 Å². The highest BCUT2D eigenvalue weighted by atomic mass is 35.5. The summed E-state index contributed by atoms with van der Waals surface area (Å²) in [6, 6.07) is 33.2. The number of piperidine rings is 4. The fourth-order valence-electron chi connectivity index (χ4n) is 16.2. The van der Waals surface area contributed by atoms with Crippen LogP contribution in [0.1, 0.15) is 142 Å². The minimum absolute atomic E-state index is 0.0177. The van der Waals surface area contributed by atoms with Gasteiger partial charge in [-0.1, -0.05) is 42.4 Å². The Morgan fingerprint density at radius 1 is 0.449 bits per heavy atom. The summed E-state index contributed by atoms with van der Waals surface area (Å²) < 4.78 is 27.5. The van der Waals surface area contributed by atoms with E-state index in [1.54, 1.807) is 85.6 Å². The predicted molar refractivity (Wildman–Crippen MR) is 498 cm³/mol. The van der Waals surface area contributed by atoms with Gasteiger partial charge in [-0.15, -0.1) is 11.3 Å². The molecule has 0 spiro atoms. The Morgan fingerprint density at radius 2 is 0.906 bits per heavy atom. The second-order valence-corrected chi connectivity index (χ2v) is 37.0. The van der Waals surface area contributed by atoms with Crippen LogP contribution in [0.3, 0.4) is 0 Å². The summed E-state index contributed by atoms with van der Waals surface area (Å²) in [6.45, 7) is 14.4. The Kier molecular flexibility index (Phi) is 31.6. The monoisotopic (exact) mass is 1800 g/mol. The maximum Gasteiger partial charge on any atom is 0.266 e. The molecule has 654 valence electrons. The molecule has 127 heavy (non-hydrogen) atoms. The van der Waals surface area contributed by atoms with Gasteiger partial charge in [0.05, 0.1) is 88.9 Å². The van der Waals surface area contributed by atoms with Crippen molar-refractivity contribution in [1.29, 1.82) is 0 Å². The first kappa shape index (κ1) is 90.4. The number of allylic oxidation sites excluding steroid dienone is 3. The quantitative estimate of drug-likeness (QED) is 0.0287. The average molecular weight is 1810 g/mol. The molecular weight excluding hydrogens is 1710 g/mol. The summed E-state index contributed by atoms with van der Waals surface area (Å²) >= 11 is 10.3. The van der Waals surface area contributed by atoms with Crippen molar-refractivity contribution in [2.24, 2.45) is 23.7 Å². The van der Waals surface area contributed by atoms with Gasteiger partial charge in [-0.2, -0.15) is 0 Å². The summed E-state index contributed by atoms with van der Waals surface area (Å²) in [7, 11) is 0. The van der Waals surface area contributed by atoms with Gasteiger partial charge in [0.15, 0.2) is 17.3 Å². The van der Waals surface area contributed by atoms with Crippen LogP contribution < -0.4 is 45.0 Å². The number of aromatic amines is 1. The number of nitrogens with one attached hydrogen (secondary N) is 3. The number of Topliss-reactive ketones (excluding diaryl/α,β-unsaturated/α-hetero) is 3. The van der Waals surface area contributed by atoms with Crippen molar-refractivity contribution in [3.05, 3.63) is 249 Å². The third kappa shape index (κ3) is 26.2. The third-order valence-corrected chi connectivity index (χ3v) is 27.0. The van der Waals surface area contributed by atoms with Gasteiger partial charge in [-0.3, -0.25) is 48.5 Å². The Bertz CT molecular complexity index is 6070. The lowest BCUT2D eigenvalue weighted by Gasteiger charge is -2.32. The van der Waals surface area contributed by atoms with Crippen molar-refractivity contribution in [3.8, 4) is 0 Å². The number of thioether (sulfide) groups is 3. The summed E-state index contributed by atoms with van der Waals surface area (Å²) in [5.74, 6) is 4.33. The largest absolute Gasteiger partial charge is 0.341 e. The molecule has 11 aromatic rings. The Balaban J connectivity index is 0.000000131. The molecule has 0 radical (unpaired) electrons. The molecule has 7 saturated heterocycles. The number of carbonyl (C=O) groups is 6. The van der Waals surface area contributed by atoms with Crippen molar-refractivity contribution in [3.63, 3.8) is 0 Å². The number of thiazole rings is 1. The van der Waals surface area contributed by atoms with Crippen molar-refractivity contribution < 1.29 is 37.5 Å². The van der Waals surface area contributed by atoms with Crippen molar-refractivity contribution in [1.82, 2.24) is 75.4 Å². The van der Waals surface area contributed by atoms with Gasteiger partial charge in [-0.25, -0.2) is 53.6 Å². The fraction of sp³-hybridized carbons (Fsp3) is 0.351. The zero-order valence-electron chi connectivity index (χ0n) is 70.0. The van der Waals surface area contributed by atoms with E-state index in [2.05, 4.69) is 126 Å². The molecule has 7 aliphatic heterocycles. The number of pyridine rings is 4. The molecule has 7 aliphatic rings. The standard InChI is InChI=1S/C25H24FN5O2S.C25H26N6OS.C22H23ClN4O2S.C22H23FN4O2S/c26-18-2-4-21-17(11-18)1-3-20(29-21)15-27-14-16-6-9-31(10-7-16)25-28-8-5-19(30-25)12-23-22(32)13-24(33)34-23;1-17-29-24(32)23(33-17)14-20-7-11-28-25(30-20)31-12-8-18(9-13-31)15-26-16-19-6-10-27-22-5-3-2-4-21(19)22;23-20-12-16(4-8-24-20)3-1-2-15-6-10-27(11-7-15)22-25-9-5-17(26-22)13-19-18(28)14-21(29)30-19;23-16-4-5-17(25-14-16)3-1-2-15-7-10-27(11-8-15)22-24-9-6-18(26-22)12-20-19(28)13-21(29)30-20/h1-5,8,11-12,16,27H,6-7,9-10,13-15H2;2-7,10-11,14,18,26H,1,8-9,12-13,15-16H2,(H,29,32);4-5,8-9,12-13,15H,1-3,6-7,10-11,14H2;4-6,9,12,14-15H,1-3,7-8,10-11,13H2/b23-12-;23-14-;19-13-;20-12-. The summed E-state index contributed by atoms with van der Waals surface area (Å²) in [4.78, 5) is 148. The lowest BCUT2D eigenvalue weighted by Crippen LogP contribution is -2.38. The number of nitrogens with zero attached hydrogens (tertiary/aromatic N) is 16. The van der Waals surface area contributed by atoms with Crippen LogP contribution in [0.2, 0.25) is 5.15 Å². The molecule has 0 bridgehead atoms. The van der Waals surface area contributed by atoms with Crippen LogP contribution in [0.5, 0.6) is 0 Å². The smallest absolute Gasteiger partial charge is 0.266 e. The van der Waals surface area contributed by atoms with E-state index in [0.717, 1.165) is 230 Å². The van der Waals surface area contributed by atoms with E-state index in [9.17, 15) is 42.3 Å². The van der Waals surface area contributed by atoms with Gasteiger partial charge in [0, 0.05) is 119 Å². The highest BCUT2D eigenvalue weighted by Crippen LogP contribution is 2.35. The van der Waals surface area contributed by atoms with E-state index in [-0.39, 0.29) is 69.2 Å². The number of benzene rings is 2. The molecule has 7 fully saturated rings. The zero-order valence-corrected chi connectivity index (χ0v) is 74.1. The third-order valence-electron chi connectivity index (χ3n) is 23.1. The minimum atomic E-state index is -0.296. The van der Waals surface area contributed by atoms with E-state index < -0.39 is 0 Å². The number of hydrogen-bond acceptors (Lipinski definition) is 29. The van der Waals surface area contributed by atoms with Crippen molar-refractivity contribution in [2.75, 3.05) is 85.0 Å². The average Bonchev–Trinajstić information content (AvgIpc) is 1.29. The van der Waals surface area contributed by atoms with Gasteiger partial charge in [0.2, 0.25) is 39.1 Å². The number of carbonyl (C=O) groups excluding carboxylic acids is 6. The highest BCUT2D eigenvalue weighted by Gasteiger charge is 2.31. The molecule has 0 saturated carbocycles. The Hall–Kier alpha value is -11.4. The van der Waals surface area contributed by atoms with Gasteiger partial charge in [-0.05, 0) is 282 Å². The first-order valence-corrected chi connectivity index (χ1v) is 46.6. The van der Waals surface area contributed by atoms with Gasteiger partial charge < -0.3 is 35.2 Å². The van der Waals surface area contributed by atoms with Gasteiger partial charge in [0.25, 0.3) is 5.56 Å². The molecule has 0 unspecified atom stereocenters. The normalized spacial score (nSPS) is 17.9. The number of ketones is 3. The maximum atomic E-state index is 13.3. The van der Waals surface area contributed by atoms with E-state index in [0.29, 0.717) is 94.2 Å². The molecule has 33 heteroatoms. The van der Waals surface area contributed by atoms with E-state index >= 15 is 0 Å². The van der Waals surface area contributed by atoms with E-state index in [4.69, 9.17) is 11.6 Å². The van der Waals surface area contributed by atoms with Gasteiger partial charge in [0.1, 0.15) is 16.8 Å². The number of anilines is 4. The van der Waals surface area contributed by atoms with Crippen LogP contribution in [0.25, 0.3) is 52.7 Å².